The molecule has 0 atom stereocenters. The van der Waals surface area contributed by atoms with Crippen LogP contribution in [0.25, 0.3) is 0 Å². The monoisotopic (exact) mass is 373 g/mol. The molecule has 0 fully saturated rings. The van der Waals surface area contributed by atoms with E-state index in [0.717, 1.165) is 39.0 Å². The van der Waals surface area contributed by atoms with E-state index in [1.54, 1.807) is 0 Å². The summed E-state index contributed by atoms with van der Waals surface area (Å²) < 4.78 is 2.15. The minimum absolute atomic E-state index is 0.940. The van der Waals surface area contributed by atoms with Crippen LogP contribution in [-0.4, -0.2) is 39.6 Å². The van der Waals surface area contributed by atoms with Crippen LogP contribution < -0.4 is 4.90 Å². The Labute approximate surface area is 167 Å². The van der Waals surface area contributed by atoms with Gasteiger partial charge in [-0.3, -0.25) is 9.88 Å². The van der Waals surface area contributed by atoms with Crippen molar-refractivity contribution >= 4 is 5.69 Å². The van der Waals surface area contributed by atoms with Gasteiger partial charge in [0.15, 0.2) is 0 Å². The van der Waals surface area contributed by atoms with Crippen LogP contribution in [0.2, 0.25) is 0 Å². The fourth-order valence-corrected chi connectivity index (χ4v) is 3.88. The van der Waals surface area contributed by atoms with Crippen LogP contribution in [0.5, 0.6) is 0 Å². The average Bonchev–Trinajstić information content (AvgIpc) is 3.22. The van der Waals surface area contributed by atoms with E-state index in [4.69, 9.17) is 0 Å². The SMILES string of the molecule is CN1C=C(CN(CCCn2ccnc2)Cc2ccncc2)Cc2ccccc21. The number of anilines is 1. The Balaban J connectivity index is 1.43. The zero-order chi connectivity index (χ0) is 19.2. The lowest BCUT2D eigenvalue weighted by Gasteiger charge is -2.30. The van der Waals surface area contributed by atoms with E-state index in [2.05, 4.69) is 74.0 Å². The molecule has 4 rings (SSSR count). The summed E-state index contributed by atoms with van der Waals surface area (Å²) in [6.45, 7) is 3.96. The fraction of sp³-hybridized carbons (Fsp3) is 0.304. The van der Waals surface area contributed by atoms with Crippen molar-refractivity contribution in [2.45, 2.75) is 25.9 Å². The van der Waals surface area contributed by atoms with E-state index in [0.29, 0.717) is 0 Å². The normalized spacial score (nSPS) is 13.5. The van der Waals surface area contributed by atoms with Gasteiger partial charge in [-0.25, -0.2) is 4.98 Å². The number of aromatic nitrogens is 3. The standard InChI is InChI=1S/C23H27N5/c1-26-16-21(15-22-5-2-3-6-23(22)26)18-28(17-20-7-9-24-10-8-20)13-4-12-27-14-11-25-19-27/h2-3,5-11,14,16,19H,4,12-13,15,17-18H2,1H3. The van der Waals surface area contributed by atoms with Gasteiger partial charge in [-0.15, -0.1) is 0 Å². The Kier molecular flexibility index (Phi) is 5.83. The summed E-state index contributed by atoms with van der Waals surface area (Å²) in [6.07, 6.45) is 13.9. The van der Waals surface area contributed by atoms with Crippen molar-refractivity contribution in [3.63, 3.8) is 0 Å². The number of hydrogen-bond acceptors (Lipinski definition) is 4. The molecule has 144 valence electrons. The maximum Gasteiger partial charge on any atom is 0.0945 e. The molecule has 5 nitrogen and oxygen atoms in total. The van der Waals surface area contributed by atoms with E-state index in [1.807, 2.05) is 31.1 Å². The Morgan fingerprint density at radius 2 is 1.86 bits per heavy atom. The van der Waals surface area contributed by atoms with E-state index < -0.39 is 0 Å². The summed E-state index contributed by atoms with van der Waals surface area (Å²) >= 11 is 0. The highest BCUT2D eigenvalue weighted by atomic mass is 15.1. The van der Waals surface area contributed by atoms with Gasteiger partial charge in [-0.05, 0) is 47.7 Å². The molecule has 2 aromatic heterocycles. The van der Waals surface area contributed by atoms with Crippen molar-refractivity contribution in [2.75, 3.05) is 25.0 Å². The number of fused-ring (bicyclic) bond motifs is 1. The van der Waals surface area contributed by atoms with Crippen molar-refractivity contribution in [3.05, 3.63) is 90.4 Å². The van der Waals surface area contributed by atoms with Crippen LogP contribution in [0, 0.1) is 0 Å². The van der Waals surface area contributed by atoms with Gasteiger partial charge in [0.25, 0.3) is 0 Å². The molecule has 0 radical (unpaired) electrons. The molecule has 0 saturated heterocycles. The van der Waals surface area contributed by atoms with Crippen LogP contribution in [-0.2, 0) is 19.5 Å². The lowest BCUT2D eigenvalue weighted by molar-refractivity contribution is 0.276. The molecule has 0 saturated carbocycles. The van der Waals surface area contributed by atoms with Crippen LogP contribution in [0.15, 0.2) is 79.3 Å². The number of pyridine rings is 1. The highest BCUT2D eigenvalue weighted by Gasteiger charge is 2.17. The van der Waals surface area contributed by atoms with Gasteiger partial charge >= 0.3 is 0 Å². The smallest absolute Gasteiger partial charge is 0.0945 e. The fourth-order valence-electron chi connectivity index (χ4n) is 3.88. The summed E-state index contributed by atoms with van der Waals surface area (Å²) in [4.78, 5) is 13.1. The Morgan fingerprint density at radius 3 is 2.68 bits per heavy atom. The first-order chi connectivity index (χ1) is 13.8. The third-order valence-corrected chi connectivity index (χ3v) is 5.20. The molecular weight excluding hydrogens is 346 g/mol. The van der Waals surface area contributed by atoms with Gasteiger partial charge in [0.2, 0.25) is 0 Å². The second-order valence-corrected chi connectivity index (χ2v) is 7.42. The van der Waals surface area contributed by atoms with Gasteiger partial charge in [0, 0.05) is 69.9 Å². The third-order valence-electron chi connectivity index (χ3n) is 5.20. The molecular formula is C23H27N5. The maximum absolute atomic E-state index is 4.15. The van der Waals surface area contributed by atoms with Gasteiger partial charge in [-0.2, -0.15) is 0 Å². The van der Waals surface area contributed by atoms with Crippen LogP contribution >= 0.6 is 0 Å². The Morgan fingerprint density at radius 1 is 1.00 bits per heavy atom. The number of para-hydroxylation sites is 1. The molecule has 3 aromatic rings. The minimum Gasteiger partial charge on any atom is -0.351 e. The number of rotatable bonds is 8. The zero-order valence-corrected chi connectivity index (χ0v) is 16.4. The van der Waals surface area contributed by atoms with Gasteiger partial charge in [0.05, 0.1) is 6.33 Å². The molecule has 1 aliphatic rings. The molecule has 0 amide bonds. The summed E-state index contributed by atoms with van der Waals surface area (Å²) in [5.74, 6) is 0. The molecule has 1 aliphatic heterocycles. The molecule has 1 aromatic carbocycles. The highest BCUT2D eigenvalue weighted by Crippen LogP contribution is 2.28. The van der Waals surface area contributed by atoms with Crippen molar-refractivity contribution in [2.24, 2.45) is 0 Å². The zero-order valence-electron chi connectivity index (χ0n) is 16.4. The largest absolute Gasteiger partial charge is 0.351 e. The molecule has 0 aliphatic carbocycles. The number of nitrogens with zero attached hydrogens (tertiary/aromatic N) is 5. The van der Waals surface area contributed by atoms with E-state index in [-0.39, 0.29) is 0 Å². The second kappa shape index (κ2) is 8.85. The lowest BCUT2D eigenvalue weighted by atomic mass is 9.99. The molecule has 3 heterocycles. The topological polar surface area (TPSA) is 37.2 Å². The van der Waals surface area contributed by atoms with E-state index in [9.17, 15) is 0 Å². The summed E-state index contributed by atoms with van der Waals surface area (Å²) in [5.41, 5.74) is 5.48. The van der Waals surface area contributed by atoms with E-state index in [1.165, 1.54) is 22.4 Å². The van der Waals surface area contributed by atoms with Crippen molar-refractivity contribution < 1.29 is 0 Å². The first-order valence-corrected chi connectivity index (χ1v) is 9.85. The molecule has 0 N–H and O–H groups in total. The Hall–Kier alpha value is -2.92. The van der Waals surface area contributed by atoms with Crippen molar-refractivity contribution in [1.82, 2.24) is 19.4 Å². The van der Waals surface area contributed by atoms with Crippen LogP contribution in [0.3, 0.4) is 0 Å². The molecule has 0 spiro atoms. The summed E-state index contributed by atoms with van der Waals surface area (Å²) in [5, 5.41) is 0. The first kappa shape index (κ1) is 18.4. The summed E-state index contributed by atoms with van der Waals surface area (Å²) in [6, 6.07) is 12.9. The van der Waals surface area contributed by atoms with Crippen LogP contribution in [0.1, 0.15) is 17.5 Å². The van der Waals surface area contributed by atoms with Crippen molar-refractivity contribution in [1.29, 1.82) is 0 Å². The number of aryl methyl sites for hydroxylation is 1. The van der Waals surface area contributed by atoms with E-state index >= 15 is 0 Å². The quantitative estimate of drug-likeness (QED) is 0.603. The Bertz CT molecular complexity index is 902. The van der Waals surface area contributed by atoms with Crippen LogP contribution in [0.4, 0.5) is 5.69 Å². The molecule has 28 heavy (non-hydrogen) atoms. The predicted octanol–water partition coefficient (Wildman–Crippen LogP) is 3.75. The third kappa shape index (κ3) is 4.67. The predicted molar refractivity (Wildman–Crippen MR) is 113 cm³/mol. The average molecular weight is 374 g/mol. The lowest BCUT2D eigenvalue weighted by Crippen LogP contribution is -2.30. The van der Waals surface area contributed by atoms with Gasteiger partial charge in [0.1, 0.15) is 0 Å². The molecule has 5 heteroatoms. The maximum atomic E-state index is 4.15. The van der Waals surface area contributed by atoms with Crippen molar-refractivity contribution in [3.8, 4) is 0 Å². The molecule has 0 bridgehead atoms. The second-order valence-electron chi connectivity index (χ2n) is 7.42. The minimum atomic E-state index is 0.940. The first-order valence-electron chi connectivity index (χ1n) is 9.85. The van der Waals surface area contributed by atoms with Gasteiger partial charge < -0.3 is 9.47 Å². The summed E-state index contributed by atoms with van der Waals surface area (Å²) in [7, 11) is 2.14. The molecule has 0 unspecified atom stereocenters. The number of benzene rings is 1. The highest BCUT2D eigenvalue weighted by molar-refractivity contribution is 5.59. The number of imidazole rings is 1. The number of hydrogen-bond donors (Lipinski definition) is 0. The van der Waals surface area contributed by atoms with Gasteiger partial charge in [-0.1, -0.05) is 18.2 Å².